The van der Waals surface area contributed by atoms with Gasteiger partial charge in [0.1, 0.15) is 0 Å². The van der Waals surface area contributed by atoms with E-state index < -0.39 is 0 Å². The zero-order valence-electron chi connectivity index (χ0n) is 15.6. The molecule has 0 radical (unpaired) electrons. The predicted molar refractivity (Wildman–Crippen MR) is 105 cm³/mol. The molecule has 136 valence electrons. The van der Waals surface area contributed by atoms with Gasteiger partial charge in [-0.15, -0.1) is 0 Å². The molecule has 2 atom stereocenters. The van der Waals surface area contributed by atoms with Crippen LogP contribution in [0.2, 0.25) is 0 Å². The van der Waals surface area contributed by atoms with Gasteiger partial charge in [0.05, 0.1) is 18.6 Å². The highest BCUT2D eigenvalue weighted by Crippen LogP contribution is 2.40. The largest absolute Gasteiger partial charge is 0.327 e. The maximum Gasteiger partial charge on any atom is 0.237 e. The summed E-state index contributed by atoms with van der Waals surface area (Å²) in [5.74, 6) is 0.266. The number of likely N-dealkylation sites (tertiary alicyclic amines) is 1. The van der Waals surface area contributed by atoms with Crippen molar-refractivity contribution in [3.05, 3.63) is 71.3 Å². The molecule has 2 aliphatic heterocycles. The highest BCUT2D eigenvalue weighted by atomic mass is 16.2. The summed E-state index contributed by atoms with van der Waals surface area (Å²) in [6.45, 7) is 4.85. The van der Waals surface area contributed by atoms with Gasteiger partial charge in [-0.25, -0.2) is 0 Å². The van der Waals surface area contributed by atoms with E-state index in [0.29, 0.717) is 6.54 Å². The van der Waals surface area contributed by atoms with Gasteiger partial charge in [-0.05, 0) is 56.0 Å². The van der Waals surface area contributed by atoms with E-state index in [1.54, 1.807) is 0 Å². The van der Waals surface area contributed by atoms with Gasteiger partial charge in [0.25, 0.3) is 0 Å². The van der Waals surface area contributed by atoms with E-state index in [9.17, 15) is 4.79 Å². The minimum Gasteiger partial charge on any atom is -0.327 e. The first-order valence-electron chi connectivity index (χ1n) is 9.90. The van der Waals surface area contributed by atoms with Crippen molar-refractivity contribution in [3.63, 3.8) is 0 Å². The second kappa shape index (κ2) is 7.63. The lowest BCUT2D eigenvalue weighted by Crippen LogP contribution is -2.47. The highest BCUT2D eigenvalue weighted by Gasteiger charge is 2.36. The number of hydrogen-bond acceptors (Lipinski definition) is 2. The molecular weight excluding hydrogens is 320 g/mol. The second-order valence-electron chi connectivity index (χ2n) is 7.64. The van der Waals surface area contributed by atoms with Crippen molar-refractivity contribution in [1.82, 2.24) is 9.80 Å². The molecular formula is C23H28N2O. The monoisotopic (exact) mass is 348 g/mol. The van der Waals surface area contributed by atoms with E-state index in [2.05, 4.69) is 65.3 Å². The maximum atomic E-state index is 13.4. The number of benzene rings is 2. The number of carbonyl (C=O) groups is 1. The van der Waals surface area contributed by atoms with E-state index in [0.717, 1.165) is 19.5 Å². The average molecular weight is 348 g/mol. The highest BCUT2D eigenvalue weighted by molar-refractivity contribution is 5.80. The molecule has 26 heavy (non-hydrogen) atoms. The number of amides is 1. The number of hydrogen-bond donors (Lipinski definition) is 0. The smallest absolute Gasteiger partial charge is 0.237 e. The lowest BCUT2D eigenvalue weighted by atomic mass is 9.85. The first kappa shape index (κ1) is 17.3. The Kier molecular flexibility index (Phi) is 5.07. The molecule has 0 aliphatic carbocycles. The van der Waals surface area contributed by atoms with E-state index in [-0.39, 0.29) is 18.0 Å². The minimum atomic E-state index is 0.113. The normalized spacial score (nSPS) is 23.5. The van der Waals surface area contributed by atoms with Crippen molar-refractivity contribution in [2.24, 2.45) is 0 Å². The fraction of sp³-hybridized carbons (Fsp3) is 0.435. The van der Waals surface area contributed by atoms with Crippen molar-refractivity contribution in [2.45, 2.75) is 44.7 Å². The SMILES string of the molecule is CC1c2ccccc2CC(c2ccccc2)N1C(=O)CN1CCCCC1. The summed E-state index contributed by atoms with van der Waals surface area (Å²) >= 11 is 0. The third-order valence-corrected chi connectivity index (χ3v) is 5.95. The Morgan fingerprint density at radius 1 is 0.962 bits per heavy atom. The van der Waals surface area contributed by atoms with Crippen molar-refractivity contribution in [1.29, 1.82) is 0 Å². The van der Waals surface area contributed by atoms with Crippen molar-refractivity contribution < 1.29 is 4.79 Å². The lowest BCUT2D eigenvalue weighted by molar-refractivity contribution is -0.138. The predicted octanol–water partition coefficient (Wildman–Crippen LogP) is 4.36. The molecule has 0 saturated carbocycles. The number of nitrogens with zero attached hydrogens (tertiary/aromatic N) is 2. The number of piperidine rings is 1. The average Bonchev–Trinajstić information content (AvgIpc) is 2.69. The Hall–Kier alpha value is -2.13. The Labute approximate surface area is 156 Å². The van der Waals surface area contributed by atoms with Gasteiger partial charge in [0.15, 0.2) is 0 Å². The second-order valence-corrected chi connectivity index (χ2v) is 7.64. The van der Waals surface area contributed by atoms with E-state index in [1.165, 1.54) is 36.0 Å². The van der Waals surface area contributed by atoms with E-state index in [1.807, 2.05) is 6.07 Å². The van der Waals surface area contributed by atoms with Crippen LogP contribution in [-0.2, 0) is 11.2 Å². The maximum absolute atomic E-state index is 13.4. The van der Waals surface area contributed by atoms with Crippen molar-refractivity contribution >= 4 is 5.91 Å². The van der Waals surface area contributed by atoms with E-state index in [4.69, 9.17) is 0 Å². The molecule has 4 rings (SSSR count). The molecule has 1 amide bonds. The molecule has 1 saturated heterocycles. The summed E-state index contributed by atoms with van der Waals surface area (Å²) in [5.41, 5.74) is 3.91. The van der Waals surface area contributed by atoms with Crippen LogP contribution in [0.15, 0.2) is 54.6 Å². The van der Waals surface area contributed by atoms with Crippen molar-refractivity contribution in [3.8, 4) is 0 Å². The summed E-state index contributed by atoms with van der Waals surface area (Å²) in [6, 6.07) is 19.4. The number of rotatable bonds is 3. The summed E-state index contributed by atoms with van der Waals surface area (Å²) in [6.07, 6.45) is 4.63. The molecule has 0 bridgehead atoms. The topological polar surface area (TPSA) is 23.6 Å². The van der Waals surface area contributed by atoms with Crippen LogP contribution in [0.5, 0.6) is 0 Å². The first-order valence-corrected chi connectivity index (χ1v) is 9.90. The van der Waals surface area contributed by atoms with Gasteiger partial charge >= 0.3 is 0 Å². The summed E-state index contributed by atoms with van der Waals surface area (Å²) in [4.78, 5) is 17.8. The van der Waals surface area contributed by atoms with Crippen LogP contribution < -0.4 is 0 Å². The van der Waals surface area contributed by atoms with Crippen LogP contribution in [0.1, 0.15) is 55.0 Å². The van der Waals surface area contributed by atoms with Crippen LogP contribution in [0, 0.1) is 0 Å². The van der Waals surface area contributed by atoms with Gasteiger partial charge in [-0.2, -0.15) is 0 Å². The van der Waals surface area contributed by atoms with Crippen LogP contribution >= 0.6 is 0 Å². The van der Waals surface area contributed by atoms with Gasteiger partial charge in [-0.1, -0.05) is 61.0 Å². The fourth-order valence-corrected chi connectivity index (χ4v) is 4.59. The third-order valence-electron chi connectivity index (χ3n) is 5.95. The van der Waals surface area contributed by atoms with Gasteiger partial charge in [0, 0.05) is 0 Å². The molecule has 3 heteroatoms. The summed E-state index contributed by atoms with van der Waals surface area (Å²) in [7, 11) is 0. The fourth-order valence-electron chi connectivity index (χ4n) is 4.59. The molecule has 0 N–H and O–H groups in total. The zero-order chi connectivity index (χ0) is 17.9. The van der Waals surface area contributed by atoms with E-state index >= 15 is 0 Å². The van der Waals surface area contributed by atoms with Crippen molar-refractivity contribution in [2.75, 3.05) is 19.6 Å². The first-order chi connectivity index (χ1) is 12.7. The van der Waals surface area contributed by atoms with Crippen LogP contribution in [0.4, 0.5) is 0 Å². The standard InChI is InChI=1S/C23H28N2O/c1-18-21-13-7-6-12-20(21)16-22(19-10-4-2-5-11-19)25(18)23(26)17-24-14-8-3-9-15-24/h2,4-7,10-13,18,22H,3,8-9,14-17H2,1H3. The molecule has 1 fully saturated rings. The molecule has 2 heterocycles. The molecule has 2 aromatic rings. The molecule has 0 aromatic heterocycles. The Bertz CT molecular complexity index is 752. The quantitative estimate of drug-likeness (QED) is 0.823. The minimum absolute atomic E-state index is 0.113. The van der Waals surface area contributed by atoms with Crippen LogP contribution in [0.25, 0.3) is 0 Å². The third kappa shape index (κ3) is 3.41. The molecule has 2 aliphatic rings. The van der Waals surface area contributed by atoms with Gasteiger partial charge < -0.3 is 4.90 Å². The number of fused-ring (bicyclic) bond motifs is 1. The Balaban J connectivity index is 1.65. The summed E-state index contributed by atoms with van der Waals surface area (Å²) < 4.78 is 0. The number of carbonyl (C=O) groups excluding carboxylic acids is 1. The van der Waals surface area contributed by atoms with Crippen LogP contribution in [0.3, 0.4) is 0 Å². The molecule has 3 nitrogen and oxygen atoms in total. The van der Waals surface area contributed by atoms with Crippen LogP contribution in [-0.4, -0.2) is 35.3 Å². The van der Waals surface area contributed by atoms with Gasteiger partial charge in [0.2, 0.25) is 5.91 Å². The molecule has 2 unspecified atom stereocenters. The Morgan fingerprint density at radius 2 is 1.65 bits per heavy atom. The zero-order valence-corrected chi connectivity index (χ0v) is 15.6. The molecule has 0 spiro atoms. The van der Waals surface area contributed by atoms with Gasteiger partial charge in [-0.3, -0.25) is 9.69 Å². The lowest BCUT2D eigenvalue weighted by Gasteiger charge is -2.43. The molecule has 2 aromatic carbocycles. The summed E-state index contributed by atoms with van der Waals surface area (Å²) in [5, 5.41) is 0. The Morgan fingerprint density at radius 3 is 2.42 bits per heavy atom.